The van der Waals surface area contributed by atoms with Crippen molar-refractivity contribution in [3.63, 3.8) is 0 Å². The van der Waals surface area contributed by atoms with Gasteiger partial charge in [0, 0.05) is 13.1 Å². The predicted molar refractivity (Wildman–Crippen MR) is 54.9 cm³/mol. The van der Waals surface area contributed by atoms with Gasteiger partial charge < -0.3 is 10.1 Å². The zero-order chi connectivity index (χ0) is 11.3. The molecule has 0 atom stereocenters. The number of alkyl halides is 2. The van der Waals surface area contributed by atoms with Crippen LogP contribution >= 0.6 is 11.8 Å². The number of aromatic nitrogens is 2. The van der Waals surface area contributed by atoms with E-state index in [1.165, 1.54) is 17.8 Å². The van der Waals surface area contributed by atoms with Crippen molar-refractivity contribution in [3.05, 3.63) is 6.07 Å². The number of nitrogens with zero attached hydrogens (tertiary/aromatic N) is 2. The minimum atomic E-state index is -2.50. The first-order valence-corrected chi connectivity index (χ1v) is 5.40. The lowest BCUT2D eigenvalue weighted by Gasteiger charge is -2.07. The van der Waals surface area contributed by atoms with E-state index >= 15 is 0 Å². The highest BCUT2D eigenvalue weighted by atomic mass is 32.2. The van der Waals surface area contributed by atoms with Gasteiger partial charge in [-0.05, 0) is 6.26 Å². The number of hydrogen-bond acceptors (Lipinski definition) is 5. The van der Waals surface area contributed by atoms with Crippen molar-refractivity contribution >= 4 is 17.6 Å². The molecule has 4 nitrogen and oxygen atoms in total. The third-order valence-corrected chi connectivity index (χ3v) is 2.03. The molecule has 0 fully saturated rings. The van der Waals surface area contributed by atoms with Crippen LogP contribution in [0.3, 0.4) is 0 Å². The van der Waals surface area contributed by atoms with Gasteiger partial charge in [0.2, 0.25) is 5.88 Å². The second kappa shape index (κ2) is 5.69. The van der Waals surface area contributed by atoms with Crippen LogP contribution in [0.25, 0.3) is 0 Å². The quantitative estimate of drug-likeness (QED) is 0.623. The second-order valence-corrected chi connectivity index (χ2v) is 3.30. The lowest BCUT2D eigenvalue weighted by atomic mass is 10.5. The molecule has 1 N–H and O–H groups in total. The van der Waals surface area contributed by atoms with E-state index in [0.29, 0.717) is 11.0 Å². The molecule has 0 radical (unpaired) electrons. The minimum Gasteiger partial charge on any atom is -0.471 e. The average molecular weight is 235 g/mol. The van der Waals surface area contributed by atoms with Gasteiger partial charge in [0.05, 0.1) is 0 Å². The van der Waals surface area contributed by atoms with E-state index in [0.717, 1.165) is 0 Å². The van der Waals surface area contributed by atoms with Crippen LogP contribution in [0, 0.1) is 0 Å². The lowest BCUT2D eigenvalue weighted by Crippen LogP contribution is -2.09. The van der Waals surface area contributed by atoms with E-state index in [1.807, 2.05) is 0 Å². The van der Waals surface area contributed by atoms with Crippen LogP contribution in [0.15, 0.2) is 11.2 Å². The Morgan fingerprint density at radius 1 is 1.53 bits per heavy atom. The summed E-state index contributed by atoms with van der Waals surface area (Å²) < 4.78 is 28.6. The van der Waals surface area contributed by atoms with Crippen LogP contribution in [-0.2, 0) is 0 Å². The Morgan fingerprint density at radius 3 is 2.80 bits per heavy atom. The van der Waals surface area contributed by atoms with Crippen molar-refractivity contribution in [3.8, 4) is 5.88 Å². The maximum absolute atomic E-state index is 11.9. The number of anilines is 1. The Morgan fingerprint density at radius 2 is 2.27 bits per heavy atom. The highest BCUT2D eigenvalue weighted by molar-refractivity contribution is 7.98. The van der Waals surface area contributed by atoms with Gasteiger partial charge in [0.25, 0.3) is 6.43 Å². The lowest BCUT2D eigenvalue weighted by molar-refractivity contribution is 0.0792. The van der Waals surface area contributed by atoms with Crippen molar-refractivity contribution in [1.82, 2.24) is 9.97 Å². The van der Waals surface area contributed by atoms with Gasteiger partial charge in [-0.2, -0.15) is 4.98 Å². The standard InChI is InChI=1S/C8H11F2N3OS/c1-11-6-3-7(14-4-5(9)10)13-8(12-6)15-2/h3,5H,4H2,1-2H3,(H,11,12,13). The van der Waals surface area contributed by atoms with Gasteiger partial charge in [0.1, 0.15) is 5.82 Å². The number of nitrogens with one attached hydrogen (secondary N) is 1. The van der Waals surface area contributed by atoms with Gasteiger partial charge in [-0.25, -0.2) is 13.8 Å². The molecule has 0 amide bonds. The predicted octanol–water partition coefficient (Wildman–Crippen LogP) is 1.88. The molecule has 0 aromatic carbocycles. The summed E-state index contributed by atoms with van der Waals surface area (Å²) in [7, 11) is 1.68. The summed E-state index contributed by atoms with van der Waals surface area (Å²) in [6.07, 6.45) is -0.707. The average Bonchev–Trinajstić information content (AvgIpc) is 2.25. The molecule has 0 unspecified atom stereocenters. The van der Waals surface area contributed by atoms with Crippen molar-refractivity contribution in [2.75, 3.05) is 25.2 Å². The molecule has 1 rings (SSSR count). The first-order chi connectivity index (χ1) is 7.15. The number of thioether (sulfide) groups is 1. The summed E-state index contributed by atoms with van der Waals surface area (Å²) >= 11 is 1.32. The summed E-state index contributed by atoms with van der Waals surface area (Å²) in [4.78, 5) is 8.00. The van der Waals surface area contributed by atoms with Crippen molar-refractivity contribution in [2.24, 2.45) is 0 Å². The maximum Gasteiger partial charge on any atom is 0.272 e. The highest BCUT2D eigenvalue weighted by Gasteiger charge is 2.07. The molecular weight excluding hydrogens is 224 g/mol. The molecule has 0 saturated carbocycles. The third-order valence-electron chi connectivity index (χ3n) is 1.48. The minimum absolute atomic E-state index is 0.152. The van der Waals surface area contributed by atoms with Gasteiger partial charge in [-0.3, -0.25) is 0 Å². The third kappa shape index (κ3) is 3.86. The molecule has 1 heterocycles. The molecule has 7 heteroatoms. The van der Waals surface area contributed by atoms with Gasteiger partial charge in [-0.15, -0.1) is 0 Å². The Labute approximate surface area is 90.4 Å². The Balaban J connectivity index is 2.77. The van der Waals surface area contributed by atoms with Crippen LogP contribution in [0.2, 0.25) is 0 Å². The molecule has 1 aromatic heterocycles. The van der Waals surface area contributed by atoms with Crippen LogP contribution in [0.5, 0.6) is 5.88 Å². The smallest absolute Gasteiger partial charge is 0.272 e. The van der Waals surface area contributed by atoms with E-state index < -0.39 is 13.0 Å². The fourth-order valence-electron chi connectivity index (χ4n) is 0.845. The summed E-state index contributed by atoms with van der Waals surface area (Å²) in [5.41, 5.74) is 0. The molecule has 84 valence electrons. The fourth-order valence-corrected chi connectivity index (χ4v) is 1.22. The van der Waals surface area contributed by atoms with Crippen LogP contribution < -0.4 is 10.1 Å². The van der Waals surface area contributed by atoms with Gasteiger partial charge >= 0.3 is 0 Å². The molecule has 0 aliphatic heterocycles. The Bertz CT molecular complexity index is 303. The number of halogens is 2. The van der Waals surface area contributed by atoms with Crippen LogP contribution in [0.1, 0.15) is 0 Å². The maximum atomic E-state index is 11.9. The van der Waals surface area contributed by atoms with Crippen LogP contribution in [-0.4, -0.2) is 36.3 Å². The monoisotopic (exact) mass is 235 g/mol. The summed E-state index contributed by atoms with van der Waals surface area (Å²) in [5, 5.41) is 3.28. The first kappa shape index (κ1) is 12.0. The molecule has 0 saturated heterocycles. The van der Waals surface area contributed by atoms with Crippen molar-refractivity contribution < 1.29 is 13.5 Å². The molecule has 1 aromatic rings. The van der Waals surface area contributed by atoms with Gasteiger partial charge in [0.15, 0.2) is 11.8 Å². The van der Waals surface area contributed by atoms with Crippen molar-refractivity contribution in [2.45, 2.75) is 11.6 Å². The van der Waals surface area contributed by atoms with Crippen molar-refractivity contribution in [1.29, 1.82) is 0 Å². The van der Waals surface area contributed by atoms with E-state index in [2.05, 4.69) is 15.3 Å². The first-order valence-electron chi connectivity index (χ1n) is 4.17. The van der Waals surface area contributed by atoms with E-state index in [4.69, 9.17) is 4.74 Å². The Hall–Kier alpha value is -1.11. The fraction of sp³-hybridized carbons (Fsp3) is 0.500. The second-order valence-electron chi connectivity index (χ2n) is 2.53. The molecular formula is C8H11F2N3OS. The Kier molecular flexibility index (Phi) is 4.54. The molecule has 15 heavy (non-hydrogen) atoms. The van der Waals surface area contributed by atoms with Crippen LogP contribution in [0.4, 0.5) is 14.6 Å². The topological polar surface area (TPSA) is 47.0 Å². The number of ether oxygens (including phenoxy) is 1. The zero-order valence-electron chi connectivity index (χ0n) is 8.33. The highest BCUT2D eigenvalue weighted by Crippen LogP contribution is 2.18. The summed E-state index contributed by atoms with van der Waals surface area (Å²) in [5.74, 6) is 0.692. The molecule has 0 aliphatic rings. The summed E-state index contributed by atoms with van der Waals surface area (Å²) in [6, 6.07) is 1.47. The largest absolute Gasteiger partial charge is 0.471 e. The normalized spacial score (nSPS) is 10.5. The van der Waals surface area contributed by atoms with E-state index in [1.54, 1.807) is 13.3 Å². The van der Waals surface area contributed by atoms with E-state index in [9.17, 15) is 8.78 Å². The molecule has 0 aliphatic carbocycles. The number of rotatable bonds is 5. The zero-order valence-corrected chi connectivity index (χ0v) is 9.15. The summed E-state index contributed by atoms with van der Waals surface area (Å²) in [6.45, 7) is -0.659. The molecule has 0 bridgehead atoms. The van der Waals surface area contributed by atoms with Gasteiger partial charge in [-0.1, -0.05) is 11.8 Å². The SMILES string of the molecule is CNc1cc(OCC(F)F)nc(SC)n1. The molecule has 0 spiro atoms. The number of hydrogen-bond donors (Lipinski definition) is 1. The van der Waals surface area contributed by atoms with E-state index in [-0.39, 0.29) is 5.88 Å².